The average Bonchev–Trinajstić information content (AvgIpc) is 2.66. The molecule has 0 fully saturated rings. The highest BCUT2D eigenvalue weighted by molar-refractivity contribution is 6.31. The van der Waals surface area contributed by atoms with Crippen molar-refractivity contribution in [2.75, 3.05) is 11.9 Å². The number of rotatable bonds is 8. The van der Waals surface area contributed by atoms with Gasteiger partial charge in [-0.2, -0.15) is 0 Å². The van der Waals surface area contributed by atoms with Crippen LogP contribution in [0.2, 0.25) is 5.02 Å². The topological polar surface area (TPSA) is 93.2 Å². The number of pyridine rings is 2. The fourth-order valence-electron chi connectivity index (χ4n) is 2.38. The van der Waals surface area contributed by atoms with Gasteiger partial charge in [-0.05, 0) is 37.6 Å². The van der Waals surface area contributed by atoms with Crippen molar-refractivity contribution in [3.8, 4) is 5.88 Å². The summed E-state index contributed by atoms with van der Waals surface area (Å²) in [7, 11) is 0. The maximum atomic E-state index is 12.6. The molecule has 0 radical (unpaired) electrons. The van der Waals surface area contributed by atoms with Gasteiger partial charge in [-0.1, -0.05) is 18.5 Å². The van der Waals surface area contributed by atoms with Gasteiger partial charge in [0, 0.05) is 12.6 Å². The monoisotopic (exact) mass is 426 g/mol. The largest absolute Gasteiger partial charge is 0.471 e. The Balaban J connectivity index is 2.06. The van der Waals surface area contributed by atoms with Gasteiger partial charge >= 0.3 is 0 Å². The first-order valence-electron chi connectivity index (χ1n) is 8.86. The van der Waals surface area contributed by atoms with Crippen molar-refractivity contribution < 1.29 is 23.1 Å². The molecule has 1 unspecified atom stereocenters. The fourth-order valence-corrected chi connectivity index (χ4v) is 2.61. The van der Waals surface area contributed by atoms with Gasteiger partial charge in [-0.15, -0.1) is 0 Å². The molecule has 0 aliphatic heterocycles. The van der Waals surface area contributed by atoms with Crippen molar-refractivity contribution in [2.45, 2.75) is 39.7 Å². The van der Waals surface area contributed by atoms with Gasteiger partial charge in [0.25, 0.3) is 12.3 Å². The lowest BCUT2D eigenvalue weighted by atomic mass is 10.1. The number of carbonyl (C=O) groups is 2. The van der Waals surface area contributed by atoms with Crippen LogP contribution in [0.1, 0.15) is 47.9 Å². The van der Waals surface area contributed by atoms with Crippen LogP contribution in [-0.2, 0) is 4.79 Å². The van der Waals surface area contributed by atoms with E-state index in [9.17, 15) is 18.4 Å². The van der Waals surface area contributed by atoms with E-state index >= 15 is 0 Å². The number of anilines is 1. The molecule has 0 aromatic carbocycles. The number of alkyl halides is 2. The minimum absolute atomic E-state index is 0.0677. The zero-order valence-corrected chi connectivity index (χ0v) is 16.9. The van der Waals surface area contributed by atoms with Crippen LogP contribution in [0, 0.1) is 6.92 Å². The molecule has 2 N–H and O–H groups in total. The Hall–Kier alpha value is -2.81. The van der Waals surface area contributed by atoms with E-state index in [2.05, 4.69) is 20.6 Å². The lowest BCUT2D eigenvalue weighted by molar-refractivity contribution is -0.115. The lowest BCUT2D eigenvalue weighted by Gasteiger charge is -2.16. The molecule has 156 valence electrons. The number of ether oxygens (including phenoxy) is 1. The maximum Gasteiger partial charge on any atom is 0.272 e. The number of amides is 2. The Kier molecular flexibility index (Phi) is 7.83. The Morgan fingerprint density at radius 3 is 2.62 bits per heavy atom. The van der Waals surface area contributed by atoms with Gasteiger partial charge in [0.05, 0.1) is 17.3 Å². The molecular weight excluding hydrogens is 406 g/mol. The predicted octanol–water partition coefficient (Wildman–Crippen LogP) is 3.92. The number of hydrogen-bond donors (Lipinski definition) is 2. The first kappa shape index (κ1) is 22.5. The van der Waals surface area contributed by atoms with E-state index in [0.717, 1.165) is 0 Å². The molecule has 10 heteroatoms. The highest BCUT2D eigenvalue weighted by Gasteiger charge is 2.17. The summed E-state index contributed by atoms with van der Waals surface area (Å²) in [5.41, 5.74) is 1.38. The van der Waals surface area contributed by atoms with Gasteiger partial charge in [0.15, 0.2) is 6.61 Å². The summed E-state index contributed by atoms with van der Waals surface area (Å²) >= 11 is 6.02. The van der Waals surface area contributed by atoms with Crippen molar-refractivity contribution in [1.29, 1.82) is 0 Å². The van der Waals surface area contributed by atoms with E-state index in [4.69, 9.17) is 16.3 Å². The molecule has 2 aromatic rings. The molecule has 2 heterocycles. The maximum absolute atomic E-state index is 12.6. The SMILES string of the molecule is CCC(=O)Nc1ccc(C(=O)NC(C)c2cnc(OCC(F)F)c(Cl)c2)c(C)n1. The zero-order valence-electron chi connectivity index (χ0n) is 16.1. The normalized spacial score (nSPS) is 11.8. The number of nitrogens with zero attached hydrogens (tertiary/aromatic N) is 2. The van der Waals surface area contributed by atoms with Crippen LogP contribution >= 0.6 is 11.6 Å². The van der Waals surface area contributed by atoms with E-state index in [0.29, 0.717) is 29.1 Å². The van der Waals surface area contributed by atoms with Gasteiger partial charge < -0.3 is 15.4 Å². The molecule has 29 heavy (non-hydrogen) atoms. The molecule has 0 aliphatic carbocycles. The molecule has 0 spiro atoms. The van der Waals surface area contributed by atoms with Crippen LogP contribution in [0.15, 0.2) is 24.4 Å². The van der Waals surface area contributed by atoms with E-state index in [1.165, 1.54) is 12.3 Å². The first-order valence-corrected chi connectivity index (χ1v) is 9.23. The molecule has 0 aliphatic rings. The van der Waals surface area contributed by atoms with E-state index in [-0.39, 0.29) is 22.7 Å². The Labute approximate surface area is 171 Å². The predicted molar refractivity (Wildman–Crippen MR) is 105 cm³/mol. The van der Waals surface area contributed by atoms with Gasteiger partial charge in [-0.25, -0.2) is 18.7 Å². The Morgan fingerprint density at radius 1 is 1.31 bits per heavy atom. The number of hydrogen-bond acceptors (Lipinski definition) is 5. The van der Waals surface area contributed by atoms with E-state index in [1.54, 1.807) is 32.9 Å². The third-order valence-electron chi connectivity index (χ3n) is 3.94. The Morgan fingerprint density at radius 2 is 2.03 bits per heavy atom. The summed E-state index contributed by atoms with van der Waals surface area (Å²) in [4.78, 5) is 32.2. The van der Waals surface area contributed by atoms with Crippen molar-refractivity contribution in [3.05, 3.63) is 46.2 Å². The van der Waals surface area contributed by atoms with Gasteiger partial charge in [0.2, 0.25) is 11.8 Å². The van der Waals surface area contributed by atoms with Crippen LogP contribution in [0.25, 0.3) is 0 Å². The molecule has 0 saturated heterocycles. The smallest absolute Gasteiger partial charge is 0.272 e. The summed E-state index contributed by atoms with van der Waals surface area (Å²) in [5, 5.41) is 5.49. The van der Waals surface area contributed by atoms with Crippen molar-refractivity contribution in [1.82, 2.24) is 15.3 Å². The number of aromatic nitrogens is 2. The second kappa shape index (κ2) is 10.1. The van der Waals surface area contributed by atoms with Crippen molar-refractivity contribution in [2.24, 2.45) is 0 Å². The number of carbonyl (C=O) groups excluding carboxylic acids is 2. The minimum atomic E-state index is -2.63. The summed E-state index contributed by atoms with van der Waals surface area (Å²) < 4.78 is 29.3. The van der Waals surface area contributed by atoms with E-state index < -0.39 is 19.1 Å². The first-order chi connectivity index (χ1) is 13.7. The zero-order chi connectivity index (χ0) is 21.6. The average molecular weight is 427 g/mol. The highest BCUT2D eigenvalue weighted by Crippen LogP contribution is 2.26. The molecule has 2 rings (SSSR count). The summed E-state index contributed by atoms with van der Waals surface area (Å²) in [6.07, 6.45) is -0.918. The van der Waals surface area contributed by atoms with Crippen LogP contribution < -0.4 is 15.4 Å². The molecule has 2 aromatic heterocycles. The van der Waals surface area contributed by atoms with E-state index in [1.807, 2.05) is 0 Å². The summed E-state index contributed by atoms with van der Waals surface area (Å²) in [6, 6.07) is 4.15. The van der Waals surface area contributed by atoms with Crippen molar-refractivity contribution in [3.63, 3.8) is 0 Å². The molecule has 0 saturated carbocycles. The van der Waals surface area contributed by atoms with Crippen LogP contribution in [0.5, 0.6) is 5.88 Å². The van der Waals surface area contributed by atoms with Gasteiger partial charge in [-0.3, -0.25) is 9.59 Å². The van der Waals surface area contributed by atoms with Crippen molar-refractivity contribution >= 4 is 29.2 Å². The molecular formula is C19H21ClF2N4O3. The third kappa shape index (κ3) is 6.35. The second-order valence-corrected chi connectivity index (χ2v) is 6.59. The lowest BCUT2D eigenvalue weighted by Crippen LogP contribution is -2.27. The van der Waals surface area contributed by atoms with Crippen LogP contribution in [0.3, 0.4) is 0 Å². The standard InChI is InChI=1S/C19H21ClF2N4O3/c1-4-17(27)26-16-6-5-13(11(3)24-16)18(28)25-10(2)12-7-14(20)19(23-8-12)29-9-15(21)22/h5-8,10,15H,4,9H2,1-3H3,(H,25,28)(H,24,26,27). The highest BCUT2D eigenvalue weighted by atomic mass is 35.5. The molecule has 7 nitrogen and oxygen atoms in total. The van der Waals surface area contributed by atoms with Gasteiger partial charge in [0.1, 0.15) is 10.8 Å². The fraction of sp³-hybridized carbons (Fsp3) is 0.368. The summed E-state index contributed by atoms with van der Waals surface area (Å²) in [6.45, 7) is 4.31. The number of nitrogens with one attached hydrogen (secondary N) is 2. The van der Waals surface area contributed by atoms with Crippen LogP contribution in [-0.4, -0.2) is 34.8 Å². The third-order valence-corrected chi connectivity index (χ3v) is 4.21. The molecule has 1 atom stereocenters. The minimum Gasteiger partial charge on any atom is -0.471 e. The number of aryl methyl sites for hydroxylation is 1. The quantitative estimate of drug-likeness (QED) is 0.667. The van der Waals surface area contributed by atoms with Crippen LogP contribution in [0.4, 0.5) is 14.6 Å². The number of halogens is 3. The molecule has 0 bridgehead atoms. The second-order valence-electron chi connectivity index (χ2n) is 6.18. The Bertz CT molecular complexity index is 896. The molecule has 2 amide bonds. The summed E-state index contributed by atoms with van der Waals surface area (Å²) in [5.74, 6) is -0.272.